The molecule has 3 rings (SSSR count). The van der Waals surface area contributed by atoms with E-state index in [-0.39, 0.29) is 18.1 Å². The van der Waals surface area contributed by atoms with Gasteiger partial charge in [-0.25, -0.2) is 0 Å². The van der Waals surface area contributed by atoms with Crippen molar-refractivity contribution in [1.29, 1.82) is 0 Å². The van der Waals surface area contributed by atoms with Crippen LogP contribution in [0.1, 0.15) is 29.8 Å². The van der Waals surface area contributed by atoms with Crippen LogP contribution in [0.2, 0.25) is 0 Å². The van der Waals surface area contributed by atoms with Crippen LogP contribution in [0.5, 0.6) is 5.75 Å². The van der Waals surface area contributed by atoms with Crippen LogP contribution in [0.25, 0.3) is 0 Å². The Kier molecular flexibility index (Phi) is 5.93. The number of nitrogens with zero attached hydrogens (tertiary/aromatic N) is 2. The van der Waals surface area contributed by atoms with Crippen molar-refractivity contribution in [1.82, 2.24) is 15.1 Å². The number of hydrogen-bond acceptors (Lipinski definition) is 4. The summed E-state index contributed by atoms with van der Waals surface area (Å²) >= 11 is 0. The highest BCUT2D eigenvalue weighted by Gasteiger charge is 2.29. The van der Waals surface area contributed by atoms with Gasteiger partial charge < -0.3 is 14.8 Å². The summed E-state index contributed by atoms with van der Waals surface area (Å²) < 4.78 is 13.5. The largest absolute Gasteiger partial charge is 0.488 e. The van der Waals surface area contributed by atoms with Crippen LogP contribution in [-0.4, -0.2) is 41.0 Å². The Bertz CT molecular complexity index is 742. The molecule has 1 N–H and O–H groups in total. The smallest absolute Gasteiger partial charge is 0.220 e. The second-order valence-electron chi connectivity index (χ2n) is 6.78. The topological polar surface area (TPSA) is 65.4 Å². The highest BCUT2D eigenvalue weighted by Crippen LogP contribution is 2.18. The monoisotopic (exact) mass is 357 g/mol. The maximum absolute atomic E-state index is 12.5. The third kappa shape index (κ3) is 4.43. The van der Waals surface area contributed by atoms with Gasteiger partial charge in [0, 0.05) is 25.6 Å². The standard InChI is InChI=1S/C20H27N3O3/c1-14-17(15(2)23(3)22-14)9-10-20(24)21-18-13-25-12-11-19(18)26-16-7-5-4-6-8-16/h4-8,18-19H,9-13H2,1-3H3,(H,21,24)/t18-,19+/m1/s1. The normalized spacial score (nSPS) is 20.0. The summed E-state index contributed by atoms with van der Waals surface area (Å²) in [5, 5.41) is 7.50. The lowest BCUT2D eigenvalue weighted by molar-refractivity contribution is -0.124. The third-order valence-electron chi connectivity index (χ3n) is 4.93. The highest BCUT2D eigenvalue weighted by atomic mass is 16.5. The number of ether oxygens (including phenoxy) is 2. The molecule has 0 spiro atoms. The first kappa shape index (κ1) is 18.5. The van der Waals surface area contributed by atoms with E-state index in [2.05, 4.69) is 10.4 Å². The minimum absolute atomic E-state index is 0.0183. The molecule has 26 heavy (non-hydrogen) atoms. The maximum atomic E-state index is 12.5. The fraction of sp³-hybridized carbons (Fsp3) is 0.500. The number of para-hydroxylation sites is 1. The zero-order chi connectivity index (χ0) is 18.5. The molecule has 0 saturated carbocycles. The summed E-state index contributed by atoms with van der Waals surface area (Å²) in [6.07, 6.45) is 1.81. The molecule has 1 aliphatic heterocycles. The van der Waals surface area contributed by atoms with Crippen molar-refractivity contribution in [2.24, 2.45) is 7.05 Å². The Morgan fingerprint density at radius 2 is 2.12 bits per heavy atom. The molecule has 1 amide bonds. The lowest BCUT2D eigenvalue weighted by atomic mass is 10.0. The van der Waals surface area contributed by atoms with Gasteiger partial charge in [0.2, 0.25) is 5.91 Å². The molecule has 1 aromatic carbocycles. The summed E-state index contributed by atoms with van der Waals surface area (Å²) in [6, 6.07) is 9.58. The lowest BCUT2D eigenvalue weighted by Crippen LogP contribution is -2.51. The number of nitrogens with one attached hydrogen (secondary N) is 1. The van der Waals surface area contributed by atoms with Crippen molar-refractivity contribution in [3.8, 4) is 5.75 Å². The average molecular weight is 357 g/mol. The predicted molar refractivity (Wildman–Crippen MR) is 99.2 cm³/mol. The zero-order valence-electron chi connectivity index (χ0n) is 15.7. The lowest BCUT2D eigenvalue weighted by Gasteiger charge is -2.32. The molecule has 1 fully saturated rings. The van der Waals surface area contributed by atoms with Crippen LogP contribution >= 0.6 is 0 Å². The highest BCUT2D eigenvalue weighted by molar-refractivity contribution is 5.76. The number of amides is 1. The van der Waals surface area contributed by atoms with E-state index in [1.165, 1.54) is 0 Å². The van der Waals surface area contributed by atoms with Crippen LogP contribution in [0, 0.1) is 13.8 Å². The van der Waals surface area contributed by atoms with Crippen LogP contribution in [-0.2, 0) is 23.0 Å². The van der Waals surface area contributed by atoms with Crippen molar-refractivity contribution in [3.05, 3.63) is 47.3 Å². The van der Waals surface area contributed by atoms with Gasteiger partial charge in [-0.2, -0.15) is 5.10 Å². The third-order valence-corrected chi connectivity index (χ3v) is 4.93. The first-order valence-electron chi connectivity index (χ1n) is 9.12. The molecule has 1 aromatic heterocycles. The SMILES string of the molecule is Cc1nn(C)c(C)c1CCC(=O)N[C@@H]1COCC[C@@H]1Oc1ccccc1. The fourth-order valence-electron chi connectivity index (χ4n) is 3.36. The molecule has 140 valence electrons. The van der Waals surface area contributed by atoms with Gasteiger partial charge in [-0.1, -0.05) is 18.2 Å². The van der Waals surface area contributed by atoms with Crippen LogP contribution in [0.15, 0.2) is 30.3 Å². The maximum Gasteiger partial charge on any atom is 0.220 e. The summed E-state index contributed by atoms with van der Waals surface area (Å²) in [5.41, 5.74) is 3.25. The molecule has 6 nitrogen and oxygen atoms in total. The van der Waals surface area contributed by atoms with E-state index in [4.69, 9.17) is 9.47 Å². The summed E-state index contributed by atoms with van der Waals surface area (Å²) in [6.45, 7) is 5.15. The molecule has 2 aromatic rings. The fourth-order valence-corrected chi connectivity index (χ4v) is 3.36. The van der Waals surface area contributed by atoms with Crippen molar-refractivity contribution >= 4 is 5.91 Å². The van der Waals surface area contributed by atoms with Gasteiger partial charge in [0.05, 0.1) is 24.9 Å². The number of carbonyl (C=O) groups is 1. The van der Waals surface area contributed by atoms with Gasteiger partial charge in [-0.15, -0.1) is 0 Å². The van der Waals surface area contributed by atoms with E-state index < -0.39 is 0 Å². The molecule has 2 atom stereocenters. The van der Waals surface area contributed by atoms with Gasteiger partial charge in [-0.05, 0) is 38.0 Å². The average Bonchev–Trinajstić information content (AvgIpc) is 2.88. The molecular formula is C20H27N3O3. The molecule has 0 aliphatic carbocycles. The van der Waals surface area contributed by atoms with Gasteiger partial charge in [0.25, 0.3) is 0 Å². The summed E-state index contributed by atoms with van der Waals surface area (Å²) in [5.74, 6) is 0.838. The van der Waals surface area contributed by atoms with Crippen molar-refractivity contribution in [2.75, 3.05) is 13.2 Å². The van der Waals surface area contributed by atoms with Crippen molar-refractivity contribution in [3.63, 3.8) is 0 Å². The zero-order valence-corrected chi connectivity index (χ0v) is 15.7. The second kappa shape index (κ2) is 8.36. The van der Waals surface area contributed by atoms with E-state index in [1.807, 2.05) is 55.9 Å². The molecule has 1 saturated heterocycles. The van der Waals surface area contributed by atoms with Gasteiger partial charge in [0.15, 0.2) is 0 Å². The number of aromatic nitrogens is 2. The van der Waals surface area contributed by atoms with E-state index in [9.17, 15) is 4.79 Å². The number of carbonyl (C=O) groups excluding carboxylic acids is 1. The van der Waals surface area contributed by atoms with Crippen LogP contribution in [0.3, 0.4) is 0 Å². The van der Waals surface area contributed by atoms with E-state index >= 15 is 0 Å². The Morgan fingerprint density at radius 1 is 1.35 bits per heavy atom. The molecule has 6 heteroatoms. The molecule has 0 radical (unpaired) electrons. The molecule has 2 heterocycles. The van der Waals surface area contributed by atoms with E-state index in [0.717, 1.165) is 29.1 Å². The second-order valence-corrected chi connectivity index (χ2v) is 6.78. The van der Waals surface area contributed by atoms with Crippen LogP contribution in [0.4, 0.5) is 0 Å². The quantitative estimate of drug-likeness (QED) is 0.862. The Morgan fingerprint density at radius 3 is 2.81 bits per heavy atom. The number of aryl methyl sites for hydroxylation is 2. The molecule has 0 unspecified atom stereocenters. The molecule has 0 bridgehead atoms. The minimum Gasteiger partial charge on any atom is -0.488 e. The first-order valence-corrected chi connectivity index (χ1v) is 9.12. The molecule has 1 aliphatic rings. The Hall–Kier alpha value is -2.34. The first-order chi connectivity index (χ1) is 12.5. The Balaban J connectivity index is 1.56. The van der Waals surface area contributed by atoms with Crippen molar-refractivity contribution in [2.45, 2.75) is 45.3 Å². The summed E-state index contributed by atoms with van der Waals surface area (Å²) in [4.78, 5) is 12.5. The number of rotatable bonds is 6. The van der Waals surface area contributed by atoms with Gasteiger partial charge in [-0.3, -0.25) is 9.48 Å². The number of hydrogen-bond donors (Lipinski definition) is 1. The molecular weight excluding hydrogens is 330 g/mol. The predicted octanol–water partition coefficient (Wildman–Crippen LogP) is 2.32. The Labute approximate surface area is 154 Å². The van der Waals surface area contributed by atoms with Crippen LogP contribution < -0.4 is 10.1 Å². The summed E-state index contributed by atoms with van der Waals surface area (Å²) in [7, 11) is 1.93. The van der Waals surface area contributed by atoms with Crippen molar-refractivity contribution < 1.29 is 14.3 Å². The van der Waals surface area contributed by atoms with E-state index in [0.29, 0.717) is 26.1 Å². The van der Waals surface area contributed by atoms with E-state index in [1.54, 1.807) is 0 Å². The van der Waals surface area contributed by atoms with Gasteiger partial charge in [0.1, 0.15) is 11.9 Å². The number of benzene rings is 1. The minimum atomic E-state index is -0.132. The van der Waals surface area contributed by atoms with Gasteiger partial charge >= 0.3 is 0 Å².